The smallest absolute Gasteiger partial charge is 0.202 e. The lowest BCUT2D eigenvalue weighted by Crippen LogP contribution is -2.37. The molecular formula is C24H26BrNO7. The van der Waals surface area contributed by atoms with E-state index in [1.54, 1.807) is 25.1 Å². The third-order valence-corrected chi connectivity index (χ3v) is 6.98. The summed E-state index contributed by atoms with van der Waals surface area (Å²) in [7, 11) is 1.53. The minimum atomic E-state index is -1.31. The lowest BCUT2D eigenvalue weighted by Gasteiger charge is -2.32. The van der Waals surface area contributed by atoms with E-state index < -0.39 is 17.3 Å². The van der Waals surface area contributed by atoms with Crippen molar-refractivity contribution in [2.75, 3.05) is 26.8 Å². The van der Waals surface area contributed by atoms with Crippen LogP contribution in [0.15, 0.2) is 37.9 Å². The van der Waals surface area contributed by atoms with Gasteiger partial charge in [-0.3, -0.25) is 4.79 Å². The maximum atomic E-state index is 13.5. The molecule has 1 aromatic heterocycles. The molecule has 0 aliphatic carbocycles. The molecule has 0 amide bonds. The average Bonchev–Trinajstić information content (AvgIpc) is 2.78. The van der Waals surface area contributed by atoms with E-state index in [9.17, 15) is 25.2 Å². The Bertz CT molecular complexity index is 1260. The van der Waals surface area contributed by atoms with Crippen LogP contribution < -0.4 is 15.5 Å². The number of ether oxygens (including phenoxy) is 1. The maximum Gasteiger partial charge on any atom is 0.202 e. The second kappa shape index (κ2) is 9.34. The number of phenolic OH excluding ortho intramolecular Hbond substituents is 2. The SMILES string of the molecule is COc1ccc(C(O)c2c(C)oc3c(C4CCNCC4CO)c(O)cc(O)c3c2=O)cc1Br. The van der Waals surface area contributed by atoms with E-state index in [2.05, 4.69) is 21.2 Å². The van der Waals surface area contributed by atoms with Crippen molar-refractivity contribution in [3.63, 3.8) is 0 Å². The summed E-state index contributed by atoms with van der Waals surface area (Å²) in [6.07, 6.45) is -0.695. The first-order chi connectivity index (χ1) is 15.8. The number of halogens is 1. The topological polar surface area (TPSA) is 132 Å². The van der Waals surface area contributed by atoms with E-state index in [4.69, 9.17) is 9.15 Å². The van der Waals surface area contributed by atoms with Crippen LogP contribution in [0.1, 0.15) is 40.9 Å². The Morgan fingerprint density at radius 1 is 1.27 bits per heavy atom. The first-order valence-corrected chi connectivity index (χ1v) is 11.4. The van der Waals surface area contributed by atoms with E-state index in [1.165, 1.54) is 7.11 Å². The molecule has 3 aromatic rings. The summed E-state index contributed by atoms with van der Waals surface area (Å²) >= 11 is 3.38. The van der Waals surface area contributed by atoms with Gasteiger partial charge in [-0.05, 0) is 59.4 Å². The van der Waals surface area contributed by atoms with Gasteiger partial charge < -0.3 is 34.9 Å². The lowest BCUT2D eigenvalue weighted by atomic mass is 9.80. The van der Waals surface area contributed by atoms with Gasteiger partial charge in [-0.15, -0.1) is 0 Å². The number of methoxy groups -OCH3 is 1. The molecular weight excluding hydrogens is 494 g/mol. The van der Waals surface area contributed by atoms with Crippen LogP contribution in [-0.4, -0.2) is 47.2 Å². The first-order valence-electron chi connectivity index (χ1n) is 10.6. The van der Waals surface area contributed by atoms with Gasteiger partial charge in [-0.1, -0.05) is 6.07 Å². The fraction of sp³-hybridized carbons (Fsp3) is 0.375. The number of benzene rings is 2. The van der Waals surface area contributed by atoms with Crippen LogP contribution in [0.2, 0.25) is 0 Å². The molecule has 2 aromatic carbocycles. The van der Waals surface area contributed by atoms with Crippen LogP contribution in [0.4, 0.5) is 0 Å². The Balaban J connectivity index is 1.92. The Morgan fingerprint density at radius 3 is 2.70 bits per heavy atom. The Kier molecular flexibility index (Phi) is 6.67. The van der Waals surface area contributed by atoms with Crippen molar-refractivity contribution < 1.29 is 29.6 Å². The number of aryl methyl sites for hydroxylation is 1. The monoisotopic (exact) mass is 519 g/mol. The van der Waals surface area contributed by atoms with E-state index >= 15 is 0 Å². The highest BCUT2D eigenvalue weighted by atomic mass is 79.9. The van der Waals surface area contributed by atoms with E-state index in [0.29, 0.717) is 40.9 Å². The minimum Gasteiger partial charge on any atom is -0.507 e. The third-order valence-electron chi connectivity index (χ3n) is 6.36. The maximum absolute atomic E-state index is 13.5. The summed E-state index contributed by atoms with van der Waals surface area (Å²) in [5.74, 6) is -0.335. The van der Waals surface area contributed by atoms with Crippen LogP contribution in [0, 0.1) is 12.8 Å². The lowest BCUT2D eigenvalue weighted by molar-refractivity contribution is 0.178. The van der Waals surface area contributed by atoms with Crippen molar-refractivity contribution in [2.45, 2.75) is 25.4 Å². The third kappa shape index (κ3) is 4.10. The summed E-state index contributed by atoms with van der Waals surface area (Å²) in [4.78, 5) is 13.5. The summed E-state index contributed by atoms with van der Waals surface area (Å²) in [5, 5.41) is 45.3. The molecule has 1 fully saturated rings. The Hall–Kier alpha value is -2.59. The Morgan fingerprint density at radius 2 is 2.03 bits per heavy atom. The van der Waals surface area contributed by atoms with Crippen LogP contribution in [0.5, 0.6) is 17.2 Å². The van der Waals surface area contributed by atoms with Crippen LogP contribution >= 0.6 is 15.9 Å². The molecule has 0 saturated carbocycles. The highest BCUT2D eigenvalue weighted by molar-refractivity contribution is 9.10. The fourth-order valence-corrected chi connectivity index (χ4v) is 5.22. The molecule has 3 atom stereocenters. The second-order valence-electron chi connectivity index (χ2n) is 8.27. The fourth-order valence-electron chi connectivity index (χ4n) is 4.66. The van der Waals surface area contributed by atoms with Crippen molar-refractivity contribution in [3.05, 3.63) is 61.4 Å². The highest BCUT2D eigenvalue weighted by Crippen LogP contribution is 2.43. The molecule has 1 aliphatic heterocycles. The highest BCUT2D eigenvalue weighted by Gasteiger charge is 2.33. The largest absolute Gasteiger partial charge is 0.507 e. The number of rotatable bonds is 5. The Labute approximate surface area is 198 Å². The predicted molar refractivity (Wildman–Crippen MR) is 126 cm³/mol. The molecule has 8 nitrogen and oxygen atoms in total. The number of fused-ring (bicyclic) bond motifs is 1. The number of hydrogen-bond acceptors (Lipinski definition) is 8. The number of nitrogens with one attached hydrogen (secondary N) is 1. The molecule has 0 spiro atoms. The molecule has 1 aliphatic rings. The van der Waals surface area contributed by atoms with Gasteiger partial charge in [0.2, 0.25) is 5.43 Å². The van der Waals surface area contributed by atoms with Crippen LogP contribution in [0.3, 0.4) is 0 Å². The van der Waals surface area contributed by atoms with Crippen LogP contribution in [-0.2, 0) is 0 Å². The summed E-state index contributed by atoms with van der Waals surface area (Å²) in [6, 6.07) is 6.08. The van der Waals surface area contributed by atoms with Gasteiger partial charge in [0.05, 0.1) is 17.1 Å². The quantitative estimate of drug-likeness (QED) is 0.347. The molecule has 1 saturated heterocycles. The van der Waals surface area contributed by atoms with Gasteiger partial charge in [-0.25, -0.2) is 0 Å². The molecule has 0 bridgehead atoms. The number of aliphatic hydroxyl groups excluding tert-OH is 2. The molecule has 176 valence electrons. The van der Waals surface area contributed by atoms with Gasteiger partial charge in [0.1, 0.15) is 40.1 Å². The van der Waals surface area contributed by atoms with Crippen molar-refractivity contribution in [3.8, 4) is 17.2 Å². The number of hydrogen-bond donors (Lipinski definition) is 5. The molecule has 2 heterocycles. The van der Waals surface area contributed by atoms with Crippen molar-refractivity contribution in [1.29, 1.82) is 0 Å². The zero-order valence-corrected chi connectivity index (χ0v) is 19.8. The molecule has 5 N–H and O–H groups in total. The molecule has 4 rings (SSSR count). The van der Waals surface area contributed by atoms with Gasteiger partial charge >= 0.3 is 0 Å². The molecule has 33 heavy (non-hydrogen) atoms. The van der Waals surface area contributed by atoms with E-state index in [-0.39, 0.29) is 46.5 Å². The average molecular weight is 520 g/mol. The molecule has 0 radical (unpaired) electrons. The van der Waals surface area contributed by atoms with Gasteiger partial charge in [0.25, 0.3) is 0 Å². The van der Waals surface area contributed by atoms with Gasteiger partial charge in [0.15, 0.2) is 0 Å². The number of piperidine rings is 1. The van der Waals surface area contributed by atoms with Gasteiger partial charge in [0, 0.05) is 30.7 Å². The van der Waals surface area contributed by atoms with Gasteiger partial charge in [-0.2, -0.15) is 0 Å². The van der Waals surface area contributed by atoms with Crippen molar-refractivity contribution in [2.24, 2.45) is 5.92 Å². The predicted octanol–water partition coefficient (Wildman–Crippen LogP) is 3.05. The molecule has 9 heteroatoms. The van der Waals surface area contributed by atoms with Crippen molar-refractivity contribution >= 4 is 26.9 Å². The summed E-state index contributed by atoms with van der Waals surface area (Å²) < 4.78 is 11.8. The standard InChI is InChI=1S/C24H26BrNO7/c1-11-19(22(30)12-3-4-18(32-2)15(25)7-12)23(31)21-17(29)8-16(28)20(24(21)33-11)14-5-6-26-9-13(14)10-27/h3-4,7-8,13-14,22,26-30H,5-6,9-10H2,1-2H3. The molecule has 3 unspecified atom stereocenters. The normalized spacial score (nSPS) is 19.5. The zero-order valence-electron chi connectivity index (χ0n) is 18.3. The summed E-state index contributed by atoms with van der Waals surface area (Å²) in [5.41, 5.74) is 0.315. The zero-order chi connectivity index (χ0) is 23.9. The second-order valence-corrected chi connectivity index (χ2v) is 9.13. The summed E-state index contributed by atoms with van der Waals surface area (Å²) in [6.45, 7) is 2.69. The number of phenols is 2. The first kappa shape index (κ1) is 23.6. The van der Waals surface area contributed by atoms with Crippen LogP contribution in [0.25, 0.3) is 11.0 Å². The number of aromatic hydroxyl groups is 2. The van der Waals surface area contributed by atoms with E-state index in [1.807, 2.05) is 0 Å². The van der Waals surface area contributed by atoms with Crippen molar-refractivity contribution in [1.82, 2.24) is 5.32 Å². The number of aliphatic hydroxyl groups is 2. The minimum absolute atomic E-state index is 0.00414. The van der Waals surface area contributed by atoms with E-state index in [0.717, 1.165) is 6.07 Å².